The molecule has 0 aliphatic carbocycles. The van der Waals surface area contributed by atoms with Crippen molar-refractivity contribution in [3.63, 3.8) is 0 Å². The van der Waals surface area contributed by atoms with Crippen LogP contribution >= 0.6 is 0 Å². The maximum Gasteiger partial charge on any atom is 0.244 e. The number of rotatable bonds is 10. The van der Waals surface area contributed by atoms with Gasteiger partial charge in [0.25, 0.3) is 0 Å². The highest BCUT2D eigenvalue weighted by Crippen LogP contribution is 2.18. The Morgan fingerprint density at radius 3 is 2.80 bits per heavy atom. The van der Waals surface area contributed by atoms with Gasteiger partial charge in [-0.25, -0.2) is 13.1 Å². The molecule has 1 heterocycles. The predicted molar refractivity (Wildman–Crippen MR) is 79.3 cm³/mol. The van der Waals surface area contributed by atoms with E-state index in [1.807, 2.05) is 6.92 Å². The van der Waals surface area contributed by atoms with Crippen molar-refractivity contribution in [1.82, 2.24) is 9.71 Å². The second kappa shape index (κ2) is 8.89. The molecule has 0 aromatic carbocycles. The summed E-state index contributed by atoms with van der Waals surface area (Å²) in [6.07, 6.45) is 4.95. The van der Waals surface area contributed by atoms with Gasteiger partial charge in [-0.05, 0) is 19.4 Å². The van der Waals surface area contributed by atoms with E-state index in [9.17, 15) is 8.42 Å². The Morgan fingerprint density at radius 2 is 2.10 bits per heavy atom. The molecule has 0 atom stereocenters. The minimum atomic E-state index is -3.56. The summed E-state index contributed by atoms with van der Waals surface area (Å²) in [4.78, 5) is 4.03. The quantitative estimate of drug-likeness (QED) is 0.642. The first-order valence-electron chi connectivity index (χ1n) is 6.87. The van der Waals surface area contributed by atoms with Gasteiger partial charge in [-0.3, -0.25) is 4.98 Å². The van der Waals surface area contributed by atoms with E-state index in [1.165, 1.54) is 6.20 Å². The first-order valence-corrected chi connectivity index (χ1v) is 8.35. The molecule has 0 saturated carbocycles. The summed E-state index contributed by atoms with van der Waals surface area (Å²) in [6.45, 7) is 5.92. The molecule has 7 heteroatoms. The molecular formula is C13H23N3O3S. The molecule has 1 rings (SSSR count). The van der Waals surface area contributed by atoms with Crippen molar-refractivity contribution in [2.24, 2.45) is 0 Å². The highest BCUT2D eigenvalue weighted by molar-refractivity contribution is 7.89. The molecule has 0 radical (unpaired) electrons. The summed E-state index contributed by atoms with van der Waals surface area (Å²) >= 11 is 0. The highest BCUT2D eigenvalue weighted by Gasteiger charge is 2.17. The molecule has 114 valence electrons. The molecule has 0 spiro atoms. The Labute approximate surface area is 121 Å². The van der Waals surface area contributed by atoms with Crippen LogP contribution in [0, 0.1) is 0 Å². The van der Waals surface area contributed by atoms with Crippen molar-refractivity contribution in [1.29, 1.82) is 0 Å². The number of hydrogen-bond donors (Lipinski definition) is 2. The van der Waals surface area contributed by atoms with E-state index >= 15 is 0 Å². The molecule has 20 heavy (non-hydrogen) atoms. The van der Waals surface area contributed by atoms with E-state index in [4.69, 9.17) is 4.74 Å². The average Bonchev–Trinajstić information content (AvgIpc) is 2.43. The lowest BCUT2D eigenvalue weighted by atomic mass is 10.4. The van der Waals surface area contributed by atoms with Crippen LogP contribution in [0.3, 0.4) is 0 Å². The van der Waals surface area contributed by atoms with Gasteiger partial charge >= 0.3 is 0 Å². The lowest BCUT2D eigenvalue weighted by Crippen LogP contribution is -2.28. The van der Waals surface area contributed by atoms with Crippen LogP contribution in [0.4, 0.5) is 5.69 Å². The largest absolute Gasteiger partial charge is 0.384 e. The van der Waals surface area contributed by atoms with Crippen LogP contribution in [0.25, 0.3) is 0 Å². The Bertz CT molecular complexity index is 491. The number of aromatic nitrogens is 1. The lowest BCUT2D eigenvalue weighted by molar-refractivity contribution is 0.136. The molecule has 0 amide bonds. The van der Waals surface area contributed by atoms with Gasteiger partial charge in [0.1, 0.15) is 4.90 Å². The molecule has 0 saturated heterocycles. The summed E-state index contributed by atoms with van der Waals surface area (Å²) < 4.78 is 32.2. The maximum absolute atomic E-state index is 12.2. The summed E-state index contributed by atoms with van der Waals surface area (Å²) in [5.74, 6) is 0. The third-order valence-corrected chi connectivity index (χ3v) is 4.11. The third kappa shape index (κ3) is 5.44. The van der Waals surface area contributed by atoms with E-state index in [1.54, 1.807) is 12.3 Å². The summed E-state index contributed by atoms with van der Waals surface area (Å²) in [7, 11) is -3.56. The van der Waals surface area contributed by atoms with Crippen LogP contribution < -0.4 is 10.0 Å². The lowest BCUT2D eigenvalue weighted by Gasteiger charge is -2.11. The zero-order chi connectivity index (χ0) is 14.8. The van der Waals surface area contributed by atoms with Gasteiger partial charge in [-0.1, -0.05) is 13.3 Å². The SMILES string of the molecule is CCCCOCCNS(=O)(=O)c1cnccc1NCC. The van der Waals surface area contributed by atoms with E-state index < -0.39 is 10.0 Å². The fourth-order valence-electron chi connectivity index (χ4n) is 1.61. The minimum Gasteiger partial charge on any atom is -0.384 e. The first kappa shape index (κ1) is 16.9. The third-order valence-electron chi connectivity index (χ3n) is 2.62. The van der Waals surface area contributed by atoms with Crippen LogP contribution in [0.5, 0.6) is 0 Å². The smallest absolute Gasteiger partial charge is 0.244 e. The maximum atomic E-state index is 12.2. The first-order chi connectivity index (χ1) is 9.61. The average molecular weight is 301 g/mol. The van der Waals surface area contributed by atoms with Crippen molar-refractivity contribution in [3.8, 4) is 0 Å². The topological polar surface area (TPSA) is 80.3 Å². The van der Waals surface area contributed by atoms with Crippen LogP contribution in [0.15, 0.2) is 23.4 Å². The number of nitrogens with zero attached hydrogens (tertiary/aromatic N) is 1. The molecule has 1 aromatic heterocycles. The van der Waals surface area contributed by atoms with E-state index in [-0.39, 0.29) is 11.4 Å². The highest BCUT2D eigenvalue weighted by atomic mass is 32.2. The van der Waals surface area contributed by atoms with Crippen molar-refractivity contribution in [2.45, 2.75) is 31.6 Å². The normalized spacial score (nSPS) is 11.5. The van der Waals surface area contributed by atoms with Gasteiger partial charge in [0.05, 0.1) is 12.3 Å². The molecule has 0 aliphatic rings. The summed E-state index contributed by atoms with van der Waals surface area (Å²) in [5.41, 5.74) is 0.557. The number of anilines is 1. The molecule has 6 nitrogen and oxygen atoms in total. The number of hydrogen-bond acceptors (Lipinski definition) is 5. The summed E-state index contributed by atoms with van der Waals surface area (Å²) in [6, 6.07) is 1.65. The van der Waals surface area contributed by atoms with Gasteiger partial charge in [0.15, 0.2) is 0 Å². The minimum absolute atomic E-state index is 0.162. The van der Waals surface area contributed by atoms with Gasteiger partial charge in [0.2, 0.25) is 10.0 Å². The van der Waals surface area contributed by atoms with Gasteiger partial charge in [-0.15, -0.1) is 0 Å². The van der Waals surface area contributed by atoms with E-state index in [2.05, 4.69) is 21.9 Å². The van der Waals surface area contributed by atoms with Crippen LogP contribution in [0.2, 0.25) is 0 Å². The second-order valence-electron chi connectivity index (χ2n) is 4.27. The Morgan fingerprint density at radius 1 is 1.30 bits per heavy atom. The van der Waals surface area contributed by atoms with Gasteiger partial charge in [-0.2, -0.15) is 0 Å². The zero-order valence-corrected chi connectivity index (χ0v) is 12.9. The Hall–Kier alpha value is -1.18. The summed E-state index contributed by atoms with van der Waals surface area (Å²) in [5, 5.41) is 3.01. The van der Waals surface area contributed by atoms with Crippen LogP contribution in [-0.2, 0) is 14.8 Å². The van der Waals surface area contributed by atoms with Crippen molar-refractivity contribution in [3.05, 3.63) is 18.5 Å². The molecular weight excluding hydrogens is 278 g/mol. The Balaban J connectivity index is 2.56. The van der Waals surface area contributed by atoms with Crippen molar-refractivity contribution >= 4 is 15.7 Å². The van der Waals surface area contributed by atoms with Crippen LogP contribution in [-0.4, -0.2) is 39.7 Å². The molecule has 2 N–H and O–H groups in total. The fourth-order valence-corrected chi connectivity index (χ4v) is 2.74. The zero-order valence-electron chi connectivity index (χ0n) is 12.1. The van der Waals surface area contributed by atoms with Crippen LogP contribution in [0.1, 0.15) is 26.7 Å². The standard InChI is InChI=1S/C13H23N3O3S/c1-3-5-9-19-10-8-16-20(17,18)13-11-14-7-6-12(13)15-4-2/h6-7,11,16H,3-5,8-10H2,1-2H3,(H,14,15). The van der Waals surface area contributed by atoms with E-state index in [0.29, 0.717) is 25.4 Å². The number of pyridine rings is 1. The number of ether oxygens (including phenoxy) is 1. The number of sulfonamides is 1. The molecule has 0 aliphatic heterocycles. The number of unbranched alkanes of at least 4 members (excludes halogenated alkanes) is 1. The molecule has 0 fully saturated rings. The molecule has 0 unspecified atom stereocenters. The monoisotopic (exact) mass is 301 g/mol. The fraction of sp³-hybridized carbons (Fsp3) is 0.615. The van der Waals surface area contributed by atoms with E-state index in [0.717, 1.165) is 12.8 Å². The van der Waals surface area contributed by atoms with Crippen molar-refractivity contribution in [2.75, 3.05) is 31.6 Å². The van der Waals surface area contributed by atoms with Gasteiger partial charge < -0.3 is 10.1 Å². The number of nitrogens with one attached hydrogen (secondary N) is 2. The van der Waals surface area contributed by atoms with Gasteiger partial charge in [0, 0.05) is 32.1 Å². The van der Waals surface area contributed by atoms with Crippen molar-refractivity contribution < 1.29 is 13.2 Å². The molecule has 1 aromatic rings. The Kier molecular flexibility index (Phi) is 7.50. The second-order valence-corrected chi connectivity index (χ2v) is 6.00. The predicted octanol–water partition coefficient (Wildman–Crippen LogP) is 1.61. The molecule has 0 bridgehead atoms.